The molecule has 0 aliphatic carbocycles. The lowest BCUT2D eigenvalue weighted by molar-refractivity contribution is 0.0259. The summed E-state index contributed by atoms with van der Waals surface area (Å²) in [6.07, 6.45) is 3.34. The molecule has 1 aromatic heterocycles. The van der Waals surface area contributed by atoms with Crippen LogP contribution in [0.4, 0.5) is 0 Å². The monoisotopic (exact) mass is 280 g/mol. The Kier molecular flexibility index (Phi) is 7.18. The summed E-state index contributed by atoms with van der Waals surface area (Å²) in [4.78, 5) is 16.0. The molecule has 0 radical (unpaired) electrons. The van der Waals surface area contributed by atoms with Gasteiger partial charge in [-0.1, -0.05) is 20.8 Å². The zero-order valence-corrected chi connectivity index (χ0v) is 12.4. The minimum absolute atomic E-state index is 0.183. The minimum atomic E-state index is -0.690. The van der Waals surface area contributed by atoms with Gasteiger partial charge in [-0.3, -0.25) is 9.78 Å². The summed E-state index contributed by atoms with van der Waals surface area (Å²) in [5.74, 6) is 0.243. The third-order valence-corrected chi connectivity index (χ3v) is 2.79. The predicted molar refractivity (Wildman–Crippen MR) is 77.6 cm³/mol. The van der Waals surface area contributed by atoms with Gasteiger partial charge in [0.2, 0.25) is 0 Å². The molecule has 1 atom stereocenters. The number of aliphatic hydroxyl groups is 1. The van der Waals surface area contributed by atoms with Crippen LogP contribution in [0, 0.1) is 5.92 Å². The molecule has 5 heteroatoms. The molecule has 0 fully saturated rings. The van der Waals surface area contributed by atoms with Crippen molar-refractivity contribution in [1.82, 2.24) is 10.3 Å². The van der Waals surface area contributed by atoms with Crippen LogP contribution in [0.25, 0.3) is 0 Å². The van der Waals surface area contributed by atoms with E-state index in [0.717, 1.165) is 12.0 Å². The van der Waals surface area contributed by atoms with E-state index in [9.17, 15) is 9.90 Å². The van der Waals surface area contributed by atoms with E-state index in [1.165, 1.54) is 0 Å². The lowest BCUT2D eigenvalue weighted by Gasteiger charge is -2.14. The third kappa shape index (κ3) is 5.67. The molecule has 0 aliphatic rings. The number of amides is 1. The van der Waals surface area contributed by atoms with Gasteiger partial charge in [0.1, 0.15) is 0 Å². The van der Waals surface area contributed by atoms with E-state index in [1.807, 2.05) is 20.8 Å². The number of carbonyl (C=O) groups excluding carboxylic acids is 1. The van der Waals surface area contributed by atoms with E-state index in [4.69, 9.17) is 4.74 Å². The number of carbonyl (C=O) groups is 1. The number of aryl methyl sites for hydroxylation is 1. The Morgan fingerprint density at radius 2 is 2.20 bits per heavy atom. The molecule has 1 aromatic rings. The molecule has 0 spiro atoms. The van der Waals surface area contributed by atoms with Crippen LogP contribution < -0.4 is 5.32 Å². The van der Waals surface area contributed by atoms with Crippen molar-refractivity contribution < 1.29 is 14.6 Å². The molecule has 0 saturated carbocycles. The number of aromatic nitrogens is 1. The third-order valence-electron chi connectivity index (χ3n) is 2.79. The number of ether oxygens (including phenoxy) is 1. The average molecular weight is 280 g/mol. The Morgan fingerprint density at radius 3 is 2.85 bits per heavy atom. The molecule has 0 aromatic carbocycles. The fraction of sp³-hybridized carbons (Fsp3) is 0.600. The summed E-state index contributed by atoms with van der Waals surface area (Å²) >= 11 is 0. The van der Waals surface area contributed by atoms with Crippen molar-refractivity contribution in [2.45, 2.75) is 33.3 Å². The SMILES string of the molecule is CCc1cnccc1C(=O)NCC(O)COCC(C)C. The zero-order valence-electron chi connectivity index (χ0n) is 12.4. The van der Waals surface area contributed by atoms with Crippen molar-refractivity contribution in [1.29, 1.82) is 0 Å². The summed E-state index contributed by atoms with van der Waals surface area (Å²) < 4.78 is 5.33. The van der Waals surface area contributed by atoms with Crippen LogP contribution >= 0.6 is 0 Å². The van der Waals surface area contributed by atoms with Crippen LogP contribution in [0.3, 0.4) is 0 Å². The Morgan fingerprint density at radius 1 is 1.45 bits per heavy atom. The molecule has 20 heavy (non-hydrogen) atoms. The Labute approximate surface area is 120 Å². The van der Waals surface area contributed by atoms with Gasteiger partial charge in [-0.15, -0.1) is 0 Å². The summed E-state index contributed by atoms with van der Waals surface area (Å²) in [5.41, 5.74) is 1.51. The molecular weight excluding hydrogens is 256 g/mol. The van der Waals surface area contributed by atoms with E-state index >= 15 is 0 Å². The van der Waals surface area contributed by atoms with Crippen molar-refractivity contribution in [2.24, 2.45) is 5.92 Å². The summed E-state index contributed by atoms with van der Waals surface area (Å²) in [5, 5.41) is 12.4. The number of aliphatic hydroxyl groups excluding tert-OH is 1. The van der Waals surface area contributed by atoms with Crippen molar-refractivity contribution in [3.05, 3.63) is 29.6 Å². The fourth-order valence-electron chi connectivity index (χ4n) is 1.73. The van der Waals surface area contributed by atoms with Gasteiger partial charge in [0.05, 0.1) is 12.7 Å². The van der Waals surface area contributed by atoms with Crippen molar-refractivity contribution in [3.8, 4) is 0 Å². The zero-order chi connectivity index (χ0) is 15.0. The van der Waals surface area contributed by atoms with Gasteiger partial charge in [0.25, 0.3) is 5.91 Å². The number of nitrogens with one attached hydrogen (secondary N) is 1. The largest absolute Gasteiger partial charge is 0.389 e. The number of hydrogen-bond donors (Lipinski definition) is 2. The lowest BCUT2D eigenvalue weighted by Crippen LogP contribution is -2.35. The minimum Gasteiger partial charge on any atom is -0.389 e. The van der Waals surface area contributed by atoms with Crippen LogP contribution in [0.2, 0.25) is 0 Å². The first kappa shape index (κ1) is 16.6. The van der Waals surface area contributed by atoms with Gasteiger partial charge in [0.15, 0.2) is 0 Å². The first-order chi connectivity index (χ1) is 9.54. The van der Waals surface area contributed by atoms with Crippen molar-refractivity contribution >= 4 is 5.91 Å². The summed E-state index contributed by atoms with van der Waals surface area (Å²) in [6, 6.07) is 1.69. The predicted octanol–water partition coefficient (Wildman–Crippen LogP) is 1.41. The van der Waals surface area contributed by atoms with Crippen LogP contribution in [0.1, 0.15) is 36.7 Å². The van der Waals surface area contributed by atoms with E-state index in [-0.39, 0.29) is 19.1 Å². The van der Waals surface area contributed by atoms with E-state index in [2.05, 4.69) is 10.3 Å². The van der Waals surface area contributed by atoms with E-state index in [0.29, 0.717) is 18.1 Å². The molecule has 1 rings (SSSR count). The second-order valence-electron chi connectivity index (χ2n) is 5.18. The van der Waals surface area contributed by atoms with Gasteiger partial charge in [-0.05, 0) is 24.0 Å². The van der Waals surface area contributed by atoms with Gasteiger partial charge >= 0.3 is 0 Å². The van der Waals surface area contributed by atoms with Crippen LogP contribution in [0.15, 0.2) is 18.5 Å². The van der Waals surface area contributed by atoms with Gasteiger partial charge < -0.3 is 15.2 Å². The molecule has 0 saturated heterocycles. The highest BCUT2D eigenvalue weighted by Crippen LogP contribution is 2.07. The Bertz CT molecular complexity index is 421. The van der Waals surface area contributed by atoms with Crippen LogP contribution in [-0.2, 0) is 11.2 Å². The molecule has 1 amide bonds. The second kappa shape index (κ2) is 8.66. The smallest absolute Gasteiger partial charge is 0.251 e. The van der Waals surface area contributed by atoms with Crippen molar-refractivity contribution in [2.75, 3.05) is 19.8 Å². The number of hydrogen-bond acceptors (Lipinski definition) is 4. The highest BCUT2D eigenvalue weighted by atomic mass is 16.5. The first-order valence-corrected chi connectivity index (χ1v) is 7.01. The standard InChI is InChI=1S/C15H24N2O3/c1-4-12-7-16-6-5-14(12)15(19)17-8-13(18)10-20-9-11(2)3/h5-7,11,13,18H,4,8-10H2,1-3H3,(H,17,19). The van der Waals surface area contributed by atoms with Crippen molar-refractivity contribution in [3.63, 3.8) is 0 Å². The maximum Gasteiger partial charge on any atom is 0.251 e. The van der Waals surface area contributed by atoms with Gasteiger partial charge in [-0.2, -0.15) is 0 Å². The molecular formula is C15H24N2O3. The molecule has 0 bridgehead atoms. The van der Waals surface area contributed by atoms with E-state index in [1.54, 1.807) is 18.5 Å². The highest BCUT2D eigenvalue weighted by molar-refractivity contribution is 5.95. The maximum absolute atomic E-state index is 12.0. The molecule has 1 heterocycles. The summed E-state index contributed by atoms with van der Waals surface area (Å²) in [7, 11) is 0. The van der Waals surface area contributed by atoms with E-state index < -0.39 is 6.10 Å². The number of nitrogens with zero attached hydrogens (tertiary/aromatic N) is 1. The van der Waals surface area contributed by atoms with Gasteiger partial charge in [0, 0.05) is 31.1 Å². The van der Waals surface area contributed by atoms with Gasteiger partial charge in [-0.25, -0.2) is 0 Å². The molecule has 1 unspecified atom stereocenters. The van der Waals surface area contributed by atoms with Crippen LogP contribution in [-0.4, -0.2) is 41.9 Å². The first-order valence-electron chi connectivity index (χ1n) is 7.01. The average Bonchev–Trinajstić information content (AvgIpc) is 2.44. The van der Waals surface area contributed by atoms with Crippen LogP contribution in [0.5, 0.6) is 0 Å². The fourth-order valence-corrected chi connectivity index (χ4v) is 1.73. The normalized spacial score (nSPS) is 12.4. The Hall–Kier alpha value is -1.46. The second-order valence-corrected chi connectivity index (χ2v) is 5.18. The number of pyridine rings is 1. The lowest BCUT2D eigenvalue weighted by atomic mass is 10.1. The highest BCUT2D eigenvalue weighted by Gasteiger charge is 2.12. The molecule has 0 aliphatic heterocycles. The molecule has 5 nitrogen and oxygen atoms in total. The Balaban J connectivity index is 2.39. The summed E-state index contributed by atoms with van der Waals surface area (Å²) in [6.45, 7) is 7.09. The molecule has 2 N–H and O–H groups in total. The topological polar surface area (TPSA) is 71.5 Å². The number of rotatable bonds is 8. The molecule has 112 valence electrons. The maximum atomic E-state index is 12.0. The quantitative estimate of drug-likeness (QED) is 0.755.